The molecule has 1 aromatic rings. The summed E-state index contributed by atoms with van der Waals surface area (Å²) < 4.78 is 10.9. The van der Waals surface area contributed by atoms with E-state index in [1.807, 2.05) is 31.2 Å². The molecule has 23 heavy (non-hydrogen) atoms. The lowest BCUT2D eigenvalue weighted by atomic mass is 9.84. The Bertz CT molecular complexity index is 467. The first-order valence-corrected chi connectivity index (χ1v) is 8.08. The van der Waals surface area contributed by atoms with Crippen molar-refractivity contribution in [2.45, 2.75) is 38.6 Å². The molecule has 0 saturated heterocycles. The average Bonchev–Trinajstić information content (AvgIpc) is 2.55. The summed E-state index contributed by atoms with van der Waals surface area (Å²) in [6.45, 7) is 3.23. The van der Waals surface area contributed by atoms with E-state index in [4.69, 9.17) is 15.2 Å². The first kappa shape index (κ1) is 19.6. The number of hydrogen-bond acceptors (Lipinski definition) is 4. The van der Waals surface area contributed by atoms with Gasteiger partial charge in [0.2, 0.25) is 0 Å². The van der Waals surface area contributed by atoms with Gasteiger partial charge in [-0.05, 0) is 56.5 Å². The lowest BCUT2D eigenvalue weighted by Gasteiger charge is -2.31. The summed E-state index contributed by atoms with van der Waals surface area (Å²) in [4.78, 5) is 12.0. The molecule has 6 heteroatoms. The normalized spacial score (nSPS) is 20.3. The van der Waals surface area contributed by atoms with E-state index in [0.29, 0.717) is 24.8 Å². The van der Waals surface area contributed by atoms with Gasteiger partial charge in [0.15, 0.2) is 6.61 Å². The van der Waals surface area contributed by atoms with Crippen molar-refractivity contribution in [1.82, 2.24) is 5.32 Å². The first-order valence-electron chi connectivity index (χ1n) is 8.08. The summed E-state index contributed by atoms with van der Waals surface area (Å²) in [5.74, 6) is 1.77. The molecule has 1 aromatic carbocycles. The summed E-state index contributed by atoms with van der Waals surface area (Å²) in [6.07, 6.45) is 4.47. The van der Waals surface area contributed by atoms with E-state index in [1.54, 1.807) is 0 Å². The van der Waals surface area contributed by atoms with Crippen LogP contribution in [0.5, 0.6) is 11.5 Å². The summed E-state index contributed by atoms with van der Waals surface area (Å²) in [6, 6.07) is 7.48. The number of amides is 1. The third-order valence-electron chi connectivity index (χ3n) is 4.06. The molecule has 0 heterocycles. The molecule has 0 radical (unpaired) electrons. The molecule has 2 unspecified atom stereocenters. The third-order valence-corrected chi connectivity index (χ3v) is 4.06. The number of halogens is 1. The van der Waals surface area contributed by atoms with E-state index in [-0.39, 0.29) is 31.0 Å². The number of carbonyl (C=O) groups excluding carboxylic acids is 1. The zero-order valence-electron chi connectivity index (χ0n) is 13.6. The van der Waals surface area contributed by atoms with Crippen molar-refractivity contribution in [3.63, 3.8) is 0 Å². The maximum Gasteiger partial charge on any atom is 0.258 e. The Kier molecular flexibility index (Phi) is 8.81. The summed E-state index contributed by atoms with van der Waals surface area (Å²) >= 11 is 0. The van der Waals surface area contributed by atoms with Gasteiger partial charge in [-0.1, -0.05) is 12.8 Å². The highest BCUT2D eigenvalue weighted by Gasteiger charge is 2.25. The van der Waals surface area contributed by atoms with E-state index in [1.165, 1.54) is 6.42 Å². The van der Waals surface area contributed by atoms with Gasteiger partial charge < -0.3 is 20.5 Å². The van der Waals surface area contributed by atoms with Gasteiger partial charge in [-0.15, -0.1) is 12.4 Å². The maximum atomic E-state index is 12.0. The molecular formula is C17H27ClN2O3. The van der Waals surface area contributed by atoms with Crippen molar-refractivity contribution in [2.24, 2.45) is 11.7 Å². The summed E-state index contributed by atoms with van der Waals surface area (Å²) in [7, 11) is 0. The molecule has 2 rings (SSSR count). The van der Waals surface area contributed by atoms with Gasteiger partial charge in [-0.2, -0.15) is 0 Å². The van der Waals surface area contributed by atoms with Crippen LogP contribution in [0.25, 0.3) is 0 Å². The molecule has 1 fully saturated rings. The number of nitrogens with two attached hydrogens (primary N) is 1. The monoisotopic (exact) mass is 342 g/mol. The third kappa shape index (κ3) is 6.28. The fourth-order valence-electron chi connectivity index (χ4n) is 2.88. The molecule has 5 nitrogen and oxygen atoms in total. The standard InChI is InChI=1S/C17H26N2O3.ClH/c1-2-21-14-7-9-15(10-8-14)22-12-17(20)19-16-6-4-3-5-13(16)11-18;/h7-10,13,16H,2-6,11-12,18H2,1H3,(H,19,20);1H. The maximum absolute atomic E-state index is 12.0. The number of benzene rings is 1. The fraction of sp³-hybridized carbons (Fsp3) is 0.588. The minimum absolute atomic E-state index is 0. The number of carbonyl (C=O) groups is 1. The molecule has 2 atom stereocenters. The molecule has 1 aliphatic rings. The van der Waals surface area contributed by atoms with Gasteiger partial charge in [0.05, 0.1) is 6.61 Å². The highest BCUT2D eigenvalue weighted by atomic mass is 35.5. The predicted molar refractivity (Wildman–Crippen MR) is 93.3 cm³/mol. The fourth-order valence-corrected chi connectivity index (χ4v) is 2.88. The van der Waals surface area contributed by atoms with E-state index >= 15 is 0 Å². The Balaban J connectivity index is 0.00000264. The van der Waals surface area contributed by atoms with Gasteiger partial charge in [-0.3, -0.25) is 4.79 Å². The van der Waals surface area contributed by atoms with Gasteiger partial charge in [0, 0.05) is 6.04 Å². The Morgan fingerprint density at radius 1 is 1.17 bits per heavy atom. The minimum Gasteiger partial charge on any atom is -0.494 e. The molecular weight excluding hydrogens is 316 g/mol. The molecule has 1 amide bonds. The van der Waals surface area contributed by atoms with Crippen LogP contribution in [-0.4, -0.2) is 31.7 Å². The van der Waals surface area contributed by atoms with Crippen LogP contribution in [0.4, 0.5) is 0 Å². The molecule has 3 N–H and O–H groups in total. The van der Waals surface area contributed by atoms with Crippen LogP contribution in [0.2, 0.25) is 0 Å². The SMILES string of the molecule is CCOc1ccc(OCC(=O)NC2CCCCC2CN)cc1.Cl. The van der Waals surface area contributed by atoms with Crippen molar-refractivity contribution < 1.29 is 14.3 Å². The Hall–Kier alpha value is -1.46. The van der Waals surface area contributed by atoms with Crippen molar-refractivity contribution in [2.75, 3.05) is 19.8 Å². The summed E-state index contributed by atoms with van der Waals surface area (Å²) in [5, 5.41) is 3.05. The van der Waals surface area contributed by atoms with Crippen LogP contribution >= 0.6 is 12.4 Å². The second kappa shape index (κ2) is 10.3. The number of ether oxygens (including phenoxy) is 2. The second-order valence-electron chi connectivity index (χ2n) is 5.65. The first-order chi connectivity index (χ1) is 10.7. The topological polar surface area (TPSA) is 73.6 Å². The van der Waals surface area contributed by atoms with Crippen LogP contribution in [-0.2, 0) is 4.79 Å². The van der Waals surface area contributed by atoms with Gasteiger partial charge in [-0.25, -0.2) is 0 Å². The highest BCUT2D eigenvalue weighted by Crippen LogP contribution is 2.23. The van der Waals surface area contributed by atoms with Crippen LogP contribution in [0.3, 0.4) is 0 Å². The van der Waals surface area contributed by atoms with Gasteiger partial charge in [0.25, 0.3) is 5.91 Å². The van der Waals surface area contributed by atoms with Gasteiger partial charge in [0.1, 0.15) is 11.5 Å². The number of rotatable bonds is 7. The van der Waals surface area contributed by atoms with E-state index < -0.39 is 0 Å². The lowest BCUT2D eigenvalue weighted by Crippen LogP contribution is -2.46. The zero-order chi connectivity index (χ0) is 15.8. The van der Waals surface area contributed by atoms with Crippen LogP contribution in [0.15, 0.2) is 24.3 Å². The van der Waals surface area contributed by atoms with E-state index in [0.717, 1.165) is 25.0 Å². The quantitative estimate of drug-likeness (QED) is 0.798. The van der Waals surface area contributed by atoms with Crippen LogP contribution in [0.1, 0.15) is 32.6 Å². The Morgan fingerprint density at radius 2 is 1.78 bits per heavy atom. The van der Waals surface area contributed by atoms with Crippen molar-refractivity contribution >= 4 is 18.3 Å². The van der Waals surface area contributed by atoms with Crippen LogP contribution < -0.4 is 20.5 Å². The largest absolute Gasteiger partial charge is 0.494 e. The van der Waals surface area contributed by atoms with Crippen LogP contribution in [0, 0.1) is 5.92 Å². The Morgan fingerprint density at radius 3 is 2.39 bits per heavy atom. The molecule has 0 bridgehead atoms. The van der Waals surface area contributed by atoms with Crippen molar-refractivity contribution in [3.05, 3.63) is 24.3 Å². The van der Waals surface area contributed by atoms with Crippen molar-refractivity contribution in [3.8, 4) is 11.5 Å². The Labute approximate surface area is 144 Å². The van der Waals surface area contributed by atoms with Gasteiger partial charge >= 0.3 is 0 Å². The van der Waals surface area contributed by atoms with E-state index in [9.17, 15) is 4.79 Å². The minimum atomic E-state index is -0.0840. The number of hydrogen-bond donors (Lipinski definition) is 2. The zero-order valence-corrected chi connectivity index (χ0v) is 14.4. The average molecular weight is 343 g/mol. The molecule has 0 aromatic heterocycles. The highest BCUT2D eigenvalue weighted by molar-refractivity contribution is 5.85. The lowest BCUT2D eigenvalue weighted by molar-refractivity contribution is -0.124. The smallest absolute Gasteiger partial charge is 0.258 e. The molecule has 0 aliphatic heterocycles. The van der Waals surface area contributed by atoms with Crippen molar-refractivity contribution in [1.29, 1.82) is 0 Å². The van der Waals surface area contributed by atoms with E-state index in [2.05, 4.69) is 5.32 Å². The molecule has 1 saturated carbocycles. The molecule has 0 spiro atoms. The second-order valence-corrected chi connectivity index (χ2v) is 5.65. The molecule has 1 aliphatic carbocycles. The molecule has 130 valence electrons. The predicted octanol–water partition coefficient (Wildman–Crippen LogP) is 2.52. The number of nitrogens with one attached hydrogen (secondary N) is 1. The summed E-state index contributed by atoms with van der Waals surface area (Å²) in [5.41, 5.74) is 5.78.